The summed E-state index contributed by atoms with van der Waals surface area (Å²) >= 11 is 0. The maximum Gasteiger partial charge on any atom is 0.220 e. The number of hydrogen-bond acceptors (Lipinski definition) is 18. The third kappa shape index (κ3) is 60.8. The lowest BCUT2D eigenvalue weighted by Gasteiger charge is -2.40. The molecule has 10 unspecified atom stereocenters. The van der Waals surface area contributed by atoms with E-state index in [0.717, 1.165) is 103 Å². The fourth-order valence-electron chi connectivity index (χ4n) is 18.0. The summed E-state index contributed by atoms with van der Waals surface area (Å²) in [4.78, 5) is 26.1. The second-order valence-electron chi connectivity index (χ2n) is 38.0. The minimum absolute atomic E-state index is 0.254. The average Bonchev–Trinajstić information content (AvgIpc) is 0.820. The van der Waals surface area contributed by atoms with Crippen molar-refractivity contribution >= 4 is 11.8 Å². The Kier molecular flexibility index (Phi) is 76.5. The highest BCUT2D eigenvalue weighted by Gasteiger charge is 2.46. The largest absolute Gasteiger partial charge is 0.394 e. The minimum Gasteiger partial charge on any atom is -0.394 e. The Morgan fingerprint density at radius 2 is 0.508 bits per heavy atom. The third-order valence-electron chi connectivity index (χ3n) is 26.5. The van der Waals surface area contributed by atoms with Crippen LogP contribution in [0.3, 0.4) is 0 Å². The Labute approximate surface area is 767 Å². The number of aliphatic hydroxyl groups is 12. The molecule has 4 rings (SSSR count). The van der Waals surface area contributed by atoms with E-state index in [9.17, 15) is 70.9 Å². The van der Waals surface area contributed by atoms with Gasteiger partial charge in [-0.25, -0.2) is 0 Å². The molecule has 126 heavy (non-hydrogen) atoms. The number of unbranched alkanes of at least 4 members (excludes halogenated alkanes) is 60. The average molecular weight is 1780 g/mol. The Balaban J connectivity index is 0.000000651. The first-order valence-electron chi connectivity index (χ1n) is 52.8. The number of hydrogen-bond donors (Lipinski definition) is 14. The molecule has 2 saturated heterocycles. The van der Waals surface area contributed by atoms with Crippen LogP contribution in [0.1, 0.15) is 462 Å². The lowest BCUT2D eigenvalue weighted by molar-refractivity contribution is -0.303. The second kappa shape index (κ2) is 82.4. The van der Waals surface area contributed by atoms with Gasteiger partial charge >= 0.3 is 0 Å². The van der Waals surface area contributed by atoms with Crippen molar-refractivity contribution in [1.82, 2.24) is 10.6 Å². The van der Waals surface area contributed by atoms with E-state index in [-0.39, 0.29) is 37.9 Å². The molecular weight excluding hydrogens is 1590 g/mol. The summed E-state index contributed by atoms with van der Waals surface area (Å²) in [5, 5.41) is 131. The van der Waals surface area contributed by atoms with E-state index in [0.29, 0.717) is 12.8 Å². The van der Waals surface area contributed by atoms with Crippen molar-refractivity contribution in [2.75, 3.05) is 26.4 Å². The number of nitrogens with one attached hydrogen (secondary N) is 2. The quantitative estimate of drug-likeness (QED) is 0.0274. The molecule has 2 aliphatic rings. The normalized spacial score (nSPS) is 20.5. The molecule has 0 spiro atoms. The predicted molar refractivity (Wildman–Crippen MR) is 513 cm³/mol. The van der Waals surface area contributed by atoms with Gasteiger partial charge in [0, 0.05) is 12.8 Å². The van der Waals surface area contributed by atoms with Gasteiger partial charge in [-0.05, 0) is 62.5 Å². The predicted octanol–water partition coefficient (Wildman–Crippen LogP) is 21.1. The molecule has 0 radical (unpaired) electrons. The number of amides is 2. The first kappa shape index (κ1) is 117. The van der Waals surface area contributed by atoms with Gasteiger partial charge < -0.3 is 90.9 Å². The van der Waals surface area contributed by atoms with Gasteiger partial charge in [-0.1, -0.05) is 460 Å². The van der Waals surface area contributed by atoms with E-state index >= 15 is 0 Å². The number of carbonyl (C=O) groups excluding carboxylic acids is 2. The lowest BCUT2D eigenvalue weighted by atomic mass is 9.98. The number of ether oxygens (including phenoxy) is 4. The van der Waals surface area contributed by atoms with Crippen molar-refractivity contribution in [3.8, 4) is 0 Å². The molecule has 0 aliphatic carbocycles. The smallest absolute Gasteiger partial charge is 0.220 e. The fraction of sp³-hybridized carbons (Fsp3) is 0.868. The van der Waals surface area contributed by atoms with Gasteiger partial charge in [0.2, 0.25) is 11.8 Å². The fourth-order valence-corrected chi connectivity index (χ4v) is 18.0. The summed E-state index contributed by atoms with van der Waals surface area (Å²) in [6, 6.07) is 19.7. The van der Waals surface area contributed by atoms with Gasteiger partial charge in [-0.2, -0.15) is 0 Å². The van der Waals surface area contributed by atoms with Crippen molar-refractivity contribution in [1.29, 1.82) is 0 Å². The topological polar surface area (TPSA) is 338 Å². The van der Waals surface area contributed by atoms with Crippen LogP contribution in [0.5, 0.6) is 0 Å². The van der Waals surface area contributed by atoms with Crippen LogP contribution < -0.4 is 10.6 Å². The molecule has 2 aromatic carbocycles. The molecule has 2 heterocycles. The van der Waals surface area contributed by atoms with Gasteiger partial charge in [0.25, 0.3) is 0 Å². The molecule has 14 N–H and O–H groups in total. The molecule has 16 atom stereocenters. The van der Waals surface area contributed by atoms with Crippen molar-refractivity contribution in [2.24, 2.45) is 0 Å². The van der Waals surface area contributed by atoms with Crippen LogP contribution in [0.2, 0.25) is 0 Å². The summed E-state index contributed by atoms with van der Waals surface area (Å²) in [5.74, 6) is -0.510. The maximum atomic E-state index is 13.1. The van der Waals surface area contributed by atoms with Gasteiger partial charge in [0.15, 0.2) is 12.6 Å². The van der Waals surface area contributed by atoms with Crippen LogP contribution in [-0.2, 0) is 41.4 Å². The van der Waals surface area contributed by atoms with Crippen molar-refractivity contribution < 1.29 is 89.8 Å². The Morgan fingerprint density at radius 1 is 0.294 bits per heavy atom. The zero-order chi connectivity index (χ0) is 91.2. The molecule has 2 aliphatic heterocycles. The van der Waals surface area contributed by atoms with Crippen LogP contribution in [0.4, 0.5) is 0 Å². The SMILES string of the molecule is CCCCCCCCCCCCCC[C@@H](O)[C@@H](O)[C@H](COC1OC(CO)C(O)C(O)C1O)NC(=O)CCCCCCCCCCCCCCCCCCCCCCCCc1ccccc1.CCCCCCCCCCCCCC[C@@H](O)[C@@H](O)[C@H](COC1OC(CO)C(O)C(O)C1O)NC(=O)CCCCCCCCCCCCCCCCCCCCc1ccccc1. The van der Waals surface area contributed by atoms with E-state index in [2.05, 4.69) is 85.1 Å². The van der Waals surface area contributed by atoms with Gasteiger partial charge in [-0.15, -0.1) is 0 Å². The summed E-state index contributed by atoms with van der Waals surface area (Å²) in [6.45, 7) is 2.68. The van der Waals surface area contributed by atoms with Crippen molar-refractivity contribution in [2.45, 2.75) is 561 Å². The van der Waals surface area contributed by atoms with Crippen LogP contribution in [-0.4, -0.2) is 197 Å². The van der Waals surface area contributed by atoms with Gasteiger partial charge in [0.1, 0.15) is 61.0 Å². The van der Waals surface area contributed by atoms with Crippen molar-refractivity contribution in [3.05, 3.63) is 71.8 Å². The first-order chi connectivity index (χ1) is 61.6. The molecular formula is C106H194N2O18. The number of aliphatic hydroxyl groups excluding tert-OH is 12. The highest BCUT2D eigenvalue weighted by atomic mass is 16.7. The Hall–Kier alpha value is -3.26. The number of rotatable bonds is 86. The number of benzene rings is 2. The maximum absolute atomic E-state index is 13.1. The van der Waals surface area contributed by atoms with E-state index in [1.54, 1.807) is 0 Å². The van der Waals surface area contributed by atoms with Crippen LogP contribution >= 0.6 is 0 Å². The molecule has 0 bridgehead atoms. The van der Waals surface area contributed by atoms with Crippen LogP contribution in [0.15, 0.2) is 60.7 Å². The molecule has 20 nitrogen and oxygen atoms in total. The summed E-state index contributed by atoms with van der Waals surface area (Å²) < 4.78 is 22.4. The number of carbonyl (C=O) groups is 2. The van der Waals surface area contributed by atoms with E-state index in [1.165, 1.54) is 332 Å². The molecule has 2 amide bonds. The second-order valence-corrected chi connectivity index (χ2v) is 38.0. The van der Waals surface area contributed by atoms with E-state index in [1.807, 2.05) is 0 Å². The molecule has 20 heteroatoms. The Morgan fingerprint density at radius 3 is 0.738 bits per heavy atom. The van der Waals surface area contributed by atoms with E-state index in [4.69, 9.17) is 18.9 Å². The highest BCUT2D eigenvalue weighted by molar-refractivity contribution is 5.76. The Bertz CT molecular complexity index is 2670. The molecule has 2 aromatic rings. The zero-order valence-electron chi connectivity index (χ0n) is 80.2. The first-order valence-corrected chi connectivity index (χ1v) is 52.8. The monoisotopic (exact) mass is 1780 g/mol. The molecule has 0 saturated carbocycles. The van der Waals surface area contributed by atoms with Gasteiger partial charge in [-0.3, -0.25) is 9.59 Å². The summed E-state index contributed by atoms with van der Waals surface area (Å²) in [5.41, 5.74) is 2.94. The molecule has 2 fully saturated rings. The zero-order valence-corrected chi connectivity index (χ0v) is 80.2. The molecule has 736 valence electrons. The van der Waals surface area contributed by atoms with E-state index < -0.39 is 111 Å². The number of aryl methyl sites for hydroxylation is 2. The summed E-state index contributed by atoms with van der Waals surface area (Å²) in [6.07, 6.45) is 64.1. The summed E-state index contributed by atoms with van der Waals surface area (Å²) in [7, 11) is 0. The van der Waals surface area contributed by atoms with Crippen molar-refractivity contribution in [3.63, 3.8) is 0 Å². The standard InChI is InChI=1S/C55H101NO9.C51H93NO9/c1-2-3-4-5-6-7-8-22-25-28-31-37-42-48(58)51(60)47(45-64-55-54(63)53(62)52(61)49(44-57)65-55)56-50(59)43-38-32-29-26-23-20-18-16-14-12-10-9-11-13-15-17-19-21-24-27-30-34-39-46-40-35-33-36-41-46;1-2-3-4-5-6-7-8-18-21-24-27-33-38-44(54)47(56)43(41-60-51-50(59)49(58)48(57)45(40-53)61-51)52-46(55)39-34-28-25-22-19-16-14-12-10-9-11-13-15-17-20-23-26-30-35-42-36-31-29-32-37-42/h33,35-36,40-41,47-49,51-55,57-58,60-63H,2-32,34,37-39,42-45H2,1H3,(H,56,59);29,31-32,36-37,43-45,47-51,53-54,56-59H,2-28,30,33-35,38-41H2,1H3,(H,52,55)/t47-,48+,49?,51-,52?,53?,54?,55?;43-,44+,45?,47-,48?,49?,50?,51?/m00/s1. The lowest BCUT2D eigenvalue weighted by Crippen LogP contribution is -2.60. The highest BCUT2D eigenvalue weighted by Crippen LogP contribution is 2.28. The van der Waals surface area contributed by atoms with Gasteiger partial charge in [0.05, 0.1) is 50.7 Å². The minimum atomic E-state index is -1.61. The van der Waals surface area contributed by atoms with Crippen LogP contribution in [0.25, 0.3) is 0 Å². The third-order valence-corrected chi connectivity index (χ3v) is 26.5. The van der Waals surface area contributed by atoms with Crippen LogP contribution in [0, 0.1) is 0 Å². The molecule has 0 aromatic heterocycles.